The minimum absolute atomic E-state index is 0.168. The molecule has 0 spiro atoms. The molecule has 100 valence electrons. The van der Waals surface area contributed by atoms with E-state index in [-0.39, 0.29) is 5.75 Å². The van der Waals surface area contributed by atoms with E-state index < -0.39 is 6.36 Å². The Kier molecular flexibility index (Phi) is 4.10. The van der Waals surface area contributed by atoms with Gasteiger partial charge >= 0.3 is 6.36 Å². The summed E-state index contributed by atoms with van der Waals surface area (Å²) in [5.41, 5.74) is 1.98. The molecule has 2 aromatic carbocycles. The van der Waals surface area contributed by atoms with Crippen LogP contribution in [0.15, 0.2) is 54.6 Å². The summed E-state index contributed by atoms with van der Waals surface area (Å²) in [6.07, 6.45) is -3.17. The van der Waals surface area contributed by atoms with Crippen molar-refractivity contribution in [2.45, 2.75) is 19.2 Å². The van der Waals surface area contributed by atoms with Crippen LogP contribution in [0.3, 0.4) is 0 Å². The number of benzene rings is 2. The Balaban J connectivity index is 1.99. The van der Waals surface area contributed by atoms with Crippen molar-refractivity contribution in [2.24, 2.45) is 0 Å². The molecule has 2 rings (SSSR count). The summed E-state index contributed by atoms with van der Waals surface area (Å²) in [7, 11) is 0. The fourth-order valence-electron chi connectivity index (χ4n) is 1.83. The molecule has 0 aliphatic carbocycles. The molecule has 0 radical (unpaired) electrons. The number of alkyl halides is 3. The van der Waals surface area contributed by atoms with E-state index in [2.05, 4.69) is 4.74 Å². The minimum atomic E-state index is -4.64. The summed E-state index contributed by atoms with van der Waals surface area (Å²) in [4.78, 5) is 0. The molecule has 0 aliphatic rings. The Hall–Kier alpha value is -1.97. The van der Waals surface area contributed by atoms with Gasteiger partial charge in [-0.05, 0) is 36.1 Å². The van der Waals surface area contributed by atoms with Crippen molar-refractivity contribution in [3.63, 3.8) is 0 Å². The molecule has 0 unspecified atom stereocenters. The molecule has 0 amide bonds. The van der Waals surface area contributed by atoms with Crippen LogP contribution in [0.1, 0.15) is 11.1 Å². The van der Waals surface area contributed by atoms with Gasteiger partial charge in [0.05, 0.1) is 0 Å². The standard InChI is InChI=1S/C15H13F3O/c16-15(17,18)19-14-8-4-7-13(11-14)10-9-12-5-2-1-3-6-12/h1-8,11H,9-10H2. The summed E-state index contributed by atoms with van der Waals surface area (Å²) in [6.45, 7) is 0. The predicted molar refractivity (Wildman–Crippen MR) is 67.0 cm³/mol. The number of rotatable bonds is 4. The molecule has 0 saturated heterocycles. The molecule has 0 aliphatic heterocycles. The molecular weight excluding hydrogens is 253 g/mol. The topological polar surface area (TPSA) is 9.23 Å². The van der Waals surface area contributed by atoms with Gasteiger partial charge in [-0.1, -0.05) is 42.5 Å². The van der Waals surface area contributed by atoms with Crippen molar-refractivity contribution in [1.82, 2.24) is 0 Å². The molecule has 1 nitrogen and oxygen atoms in total. The molecule has 0 atom stereocenters. The molecule has 0 bridgehead atoms. The van der Waals surface area contributed by atoms with Crippen LogP contribution in [0, 0.1) is 0 Å². The highest BCUT2D eigenvalue weighted by Gasteiger charge is 2.31. The fraction of sp³-hybridized carbons (Fsp3) is 0.200. The van der Waals surface area contributed by atoms with Crippen LogP contribution in [0.5, 0.6) is 5.75 Å². The third kappa shape index (κ3) is 4.66. The van der Waals surface area contributed by atoms with Crippen molar-refractivity contribution in [3.05, 3.63) is 65.7 Å². The van der Waals surface area contributed by atoms with E-state index in [1.54, 1.807) is 12.1 Å². The van der Waals surface area contributed by atoms with Crippen molar-refractivity contribution in [2.75, 3.05) is 0 Å². The summed E-state index contributed by atoms with van der Waals surface area (Å²) in [6, 6.07) is 15.9. The third-order valence-corrected chi connectivity index (χ3v) is 2.68. The summed E-state index contributed by atoms with van der Waals surface area (Å²) < 4.78 is 40.2. The van der Waals surface area contributed by atoms with Gasteiger partial charge in [-0.25, -0.2) is 0 Å². The van der Waals surface area contributed by atoms with Crippen molar-refractivity contribution < 1.29 is 17.9 Å². The minimum Gasteiger partial charge on any atom is -0.406 e. The summed E-state index contributed by atoms with van der Waals surface area (Å²) in [5.74, 6) is -0.168. The van der Waals surface area contributed by atoms with Crippen LogP contribution in [0.25, 0.3) is 0 Å². The Morgan fingerprint density at radius 3 is 2.11 bits per heavy atom. The van der Waals surface area contributed by atoms with Crippen LogP contribution < -0.4 is 4.74 Å². The highest BCUT2D eigenvalue weighted by Crippen LogP contribution is 2.23. The fourth-order valence-corrected chi connectivity index (χ4v) is 1.83. The monoisotopic (exact) mass is 266 g/mol. The lowest BCUT2D eigenvalue weighted by molar-refractivity contribution is -0.274. The Labute approximate surface area is 109 Å². The van der Waals surface area contributed by atoms with Crippen LogP contribution in [0.4, 0.5) is 13.2 Å². The number of ether oxygens (including phenoxy) is 1. The zero-order valence-corrected chi connectivity index (χ0v) is 10.2. The lowest BCUT2D eigenvalue weighted by Crippen LogP contribution is -2.17. The van der Waals surface area contributed by atoms with Gasteiger partial charge in [-0.15, -0.1) is 13.2 Å². The molecule has 19 heavy (non-hydrogen) atoms. The van der Waals surface area contributed by atoms with Gasteiger partial charge in [0.1, 0.15) is 5.75 Å². The lowest BCUT2D eigenvalue weighted by atomic mass is 10.0. The van der Waals surface area contributed by atoms with Gasteiger partial charge in [0.2, 0.25) is 0 Å². The van der Waals surface area contributed by atoms with E-state index >= 15 is 0 Å². The largest absolute Gasteiger partial charge is 0.573 e. The second-order valence-electron chi connectivity index (χ2n) is 4.18. The van der Waals surface area contributed by atoms with Crippen LogP contribution in [-0.2, 0) is 12.8 Å². The molecule has 0 N–H and O–H groups in total. The first kappa shape index (κ1) is 13.5. The zero-order valence-electron chi connectivity index (χ0n) is 10.2. The van der Waals surface area contributed by atoms with Gasteiger partial charge in [0.25, 0.3) is 0 Å². The maximum Gasteiger partial charge on any atom is 0.573 e. The first-order valence-corrected chi connectivity index (χ1v) is 5.91. The van der Waals surface area contributed by atoms with E-state index in [1.807, 2.05) is 30.3 Å². The Morgan fingerprint density at radius 1 is 0.789 bits per heavy atom. The highest BCUT2D eigenvalue weighted by atomic mass is 19.4. The second kappa shape index (κ2) is 5.78. The number of hydrogen-bond donors (Lipinski definition) is 0. The van der Waals surface area contributed by atoms with Crippen molar-refractivity contribution >= 4 is 0 Å². The number of halogens is 3. The van der Waals surface area contributed by atoms with E-state index in [0.29, 0.717) is 6.42 Å². The maximum absolute atomic E-state index is 12.1. The van der Waals surface area contributed by atoms with Crippen LogP contribution in [-0.4, -0.2) is 6.36 Å². The quantitative estimate of drug-likeness (QED) is 0.798. The van der Waals surface area contributed by atoms with E-state index in [4.69, 9.17) is 0 Å². The average molecular weight is 266 g/mol. The predicted octanol–water partition coefficient (Wildman–Crippen LogP) is 4.37. The molecule has 4 heteroatoms. The molecule has 0 saturated carbocycles. The normalized spacial score (nSPS) is 11.3. The van der Waals surface area contributed by atoms with Crippen molar-refractivity contribution in [3.8, 4) is 5.75 Å². The number of hydrogen-bond acceptors (Lipinski definition) is 1. The molecule has 0 fully saturated rings. The van der Waals surface area contributed by atoms with Gasteiger partial charge < -0.3 is 4.74 Å². The molecule has 0 aromatic heterocycles. The van der Waals surface area contributed by atoms with Gasteiger partial charge in [0, 0.05) is 0 Å². The smallest absolute Gasteiger partial charge is 0.406 e. The van der Waals surface area contributed by atoms with Crippen LogP contribution >= 0.6 is 0 Å². The first-order chi connectivity index (χ1) is 9.03. The van der Waals surface area contributed by atoms with Gasteiger partial charge in [-0.3, -0.25) is 0 Å². The van der Waals surface area contributed by atoms with E-state index in [0.717, 1.165) is 17.5 Å². The van der Waals surface area contributed by atoms with E-state index in [1.165, 1.54) is 12.1 Å². The zero-order chi connectivity index (χ0) is 13.7. The summed E-state index contributed by atoms with van der Waals surface area (Å²) >= 11 is 0. The van der Waals surface area contributed by atoms with Gasteiger partial charge in [0.15, 0.2) is 0 Å². The molecule has 0 heterocycles. The second-order valence-corrected chi connectivity index (χ2v) is 4.18. The van der Waals surface area contributed by atoms with Gasteiger partial charge in [-0.2, -0.15) is 0 Å². The summed E-state index contributed by atoms with van der Waals surface area (Å²) in [5, 5.41) is 0. The lowest BCUT2D eigenvalue weighted by Gasteiger charge is -2.10. The number of aryl methyl sites for hydroxylation is 2. The molecular formula is C15H13F3O. The average Bonchev–Trinajstić information content (AvgIpc) is 2.36. The maximum atomic E-state index is 12.1. The third-order valence-electron chi connectivity index (χ3n) is 2.68. The first-order valence-electron chi connectivity index (χ1n) is 5.91. The Morgan fingerprint density at radius 2 is 1.42 bits per heavy atom. The SMILES string of the molecule is FC(F)(F)Oc1cccc(CCc2ccccc2)c1. The Bertz CT molecular complexity index is 520. The highest BCUT2D eigenvalue weighted by molar-refractivity contribution is 5.29. The molecule has 2 aromatic rings. The van der Waals surface area contributed by atoms with Crippen LogP contribution in [0.2, 0.25) is 0 Å². The van der Waals surface area contributed by atoms with Crippen molar-refractivity contribution in [1.29, 1.82) is 0 Å². The van der Waals surface area contributed by atoms with E-state index in [9.17, 15) is 13.2 Å².